The summed E-state index contributed by atoms with van der Waals surface area (Å²) in [5.41, 5.74) is 2.30. The van der Waals surface area contributed by atoms with E-state index in [4.69, 9.17) is 32.8 Å². The number of hydrogen-bond donors (Lipinski definition) is 4. The zero-order valence-corrected chi connectivity index (χ0v) is 19.3. The predicted octanol–water partition coefficient (Wildman–Crippen LogP) is 0.957. The van der Waals surface area contributed by atoms with E-state index in [0.29, 0.717) is 18.3 Å². The number of aliphatic hydroxyl groups excluding tert-OH is 4. The minimum absolute atomic E-state index is 0.455. The van der Waals surface area contributed by atoms with Crippen LogP contribution in [0.3, 0.4) is 0 Å². The van der Waals surface area contributed by atoms with Gasteiger partial charge in [-0.05, 0) is 37.0 Å². The molecule has 5 atom stereocenters. The zero-order chi connectivity index (χ0) is 22.8. The Morgan fingerprint density at radius 2 is 1.58 bits per heavy atom. The number of aryl methyl sites for hydroxylation is 1. The van der Waals surface area contributed by atoms with Crippen LogP contribution in [0.1, 0.15) is 18.4 Å². The lowest BCUT2D eigenvalue weighted by atomic mass is 9.98. The van der Waals surface area contributed by atoms with Crippen molar-refractivity contribution >= 4 is 28.9 Å². The highest BCUT2D eigenvalue weighted by Crippen LogP contribution is 2.24. The molecule has 0 aromatic heterocycles. The Kier molecular flexibility index (Phi) is 11.8. The van der Waals surface area contributed by atoms with Crippen molar-refractivity contribution in [3.63, 3.8) is 0 Å². The van der Waals surface area contributed by atoms with Gasteiger partial charge in [0.2, 0.25) is 0 Å². The Labute approximate surface area is 193 Å². The lowest BCUT2D eigenvalue weighted by Gasteiger charge is -2.43. The quantitative estimate of drug-likeness (QED) is 0.188. The maximum atomic E-state index is 10.2. The molecule has 1 unspecified atom stereocenters. The zero-order valence-electron chi connectivity index (χ0n) is 17.8. The summed E-state index contributed by atoms with van der Waals surface area (Å²) >= 11 is 11.7. The van der Waals surface area contributed by atoms with Gasteiger partial charge in [-0.2, -0.15) is 5.06 Å². The average molecular weight is 481 g/mol. The van der Waals surface area contributed by atoms with Gasteiger partial charge < -0.3 is 30.1 Å². The summed E-state index contributed by atoms with van der Waals surface area (Å²) in [6, 6.07) is 8.33. The van der Waals surface area contributed by atoms with Crippen molar-refractivity contribution in [3.05, 3.63) is 29.8 Å². The van der Waals surface area contributed by atoms with Crippen LogP contribution in [-0.4, -0.2) is 101 Å². The summed E-state index contributed by atoms with van der Waals surface area (Å²) in [5.74, 6) is 1.09. The van der Waals surface area contributed by atoms with Gasteiger partial charge in [0.1, 0.15) is 24.4 Å². The molecule has 2 rings (SSSR count). The minimum Gasteiger partial charge on any atom is -0.394 e. The lowest BCUT2D eigenvalue weighted by Crippen LogP contribution is -2.63. The highest BCUT2D eigenvalue weighted by molar-refractivity contribution is 6.18. The molecule has 178 valence electrons. The van der Waals surface area contributed by atoms with E-state index in [-0.39, 0.29) is 0 Å². The summed E-state index contributed by atoms with van der Waals surface area (Å²) in [4.78, 5) is 7.48. The SMILES string of the molecule is CON(CCCCc1ccc(N(CCCl)CCCl)cc1)C1O[C@H](CO)[C@@H](O)[C@@H](O)[C@@H]1O. The lowest BCUT2D eigenvalue weighted by molar-refractivity contribution is -0.328. The van der Waals surface area contributed by atoms with E-state index in [0.717, 1.165) is 38.0 Å². The molecule has 4 N–H and O–H groups in total. The molecule has 1 aliphatic rings. The van der Waals surface area contributed by atoms with Crippen molar-refractivity contribution in [1.82, 2.24) is 5.06 Å². The molecule has 0 bridgehead atoms. The molecule has 0 aliphatic carbocycles. The van der Waals surface area contributed by atoms with E-state index < -0.39 is 37.3 Å². The molecule has 1 heterocycles. The van der Waals surface area contributed by atoms with E-state index in [1.165, 1.54) is 17.7 Å². The van der Waals surface area contributed by atoms with Gasteiger partial charge in [-0.3, -0.25) is 4.84 Å². The number of anilines is 1. The second-order valence-corrected chi connectivity index (χ2v) is 8.29. The number of halogens is 2. The van der Waals surface area contributed by atoms with E-state index in [9.17, 15) is 20.4 Å². The number of nitrogens with zero attached hydrogens (tertiary/aromatic N) is 2. The van der Waals surface area contributed by atoms with Crippen LogP contribution in [0, 0.1) is 0 Å². The molecule has 1 aromatic rings. The number of alkyl halides is 2. The number of hydrogen-bond acceptors (Lipinski definition) is 8. The molecule has 0 saturated carbocycles. The molecule has 0 amide bonds. The summed E-state index contributed by atoms with van der Waals surface area (Å²) in [7, 11) is 1.45. The van der Waals surface area contributed by atoms with E-state index >= 15 is 0 Å². The number of hydroxylamine groups is 2. The number of aliphatic hydroxyl groups is 4. The summed E-state index contributed by atoms with van der Waals surface area (Å²) < 4.78 is 5.54. The van der Waals surface area contributed by atoms with Crippen LogP contribution < -0.4 is 4.90 Å². The van der Waals surface area contributed by atoms with Gasteiger partial charge in [0, 0.05) is 37.1 Å². The second kappa shape index (κ2) is 13.8. The molecule has 0 radical (unpaired) electrons. The van der Waals surface area contributed by atoms with Crippen molar-refractivity contribution in [2.24, 2.45) is 0 Å². The maximum Gasteiger partial charge on any atom is 0.162 e. The molecular weight excluding hydrogens is 447 g/mol. The first-order chi connectivity index (χ1) is 15.0. The Morgan fingerprint density at radius 1 is 0.935 bits per heavy atom. The van der Waals surface area contributed by atoms with Gasteiger partial charge in [-0.1, -0.05) is 12.1 Å². The van der Waals surface area contributed by atoms with E-state index in [1.54, 1.807) is 0 Å². The normalized spacial score (nSPS) is 26.4. The third-order valence-electron chi connectivity index (χ3n) is 5.49. The number of unbranched alkanes of at least 4 members (excludes halogenated alkanes) is 1. The first kappa shape index (κ1) is 26.6. The van der Waals surface area contributed by atoms with Crippen molar-refractivity contribution in [2.75, 3.05) is 50.0 Å². The summed E-state index contributed by atoms with van der Waals surface area (Å²) in [6.45, 7) is 1.48. The van der Waals surface area contributed by atoms with Crippen LogP contribution in [0.5, 0.6) is 0 Å². The Hall–Kier alpha value is -0.680. The topological polar surface area (TPSA) is 106 Å². The predicted molar refractivity (Wildman–Crippen MR) is 121 cm³/mol. The van der Waals surface area contributed by atoms with Crippen LogP contribution in [0.2, 0.25) is 0 Å². The summed E-state index contributed by atoms with van der Waals surface area (Å²) in [5, 5.41) is 40.9. The third-order valence-corrected chi connectivity index (χ3v) is 5.83. The van der Waals surface area contributed by atoms with Crippen LogP contribution in [0.4, 0.5) is 5.69 Å². The molecule has 1 fully saturated rings. The van der Waals surface area contributed by atoms with Gasteiger partial charge in [0.05, 0.1) is 13.7 Å². The molecule has 1 saturated heterocycles. The smallest absolute Gasteiger partial charge is 0.162 e. The van der Waals surface area contributed by atoms with Crippen molar-refractivity contribution in [1.29, 1.82) is 0 Å². The molecular formula is C21H34Cl2N2O6. The summed E-state index contributed by atoms with van der Waals surface area (Å²) in [6.07, 6.45) is -3.59. The molecule has 1 aromatic carbocycles. The second-order valence-electron chi connectivity index (χ2n) is 7.53. The van der Waals surface area contributed by atoms with Crippen LogP contribution in [0.25, 0.3) is 0 Å². The third kappa shape index (κ3) is 7.42. The van der Waals surface area contributed by atoms with Crippen molar-refractivity contribution in [3.8, 4) is 0 Å². The number of benzene rings is 1. The Bertz CT molecular complexity index is 618. The highest BCUT2D eigenvalue weighted by atomic mass is 35.5. The fourth-order valence-corrected chi connectivity index (χ4v) is 4.09. The fraction of sp³-hybridized carbons (Fsp3) is 0.714. The van der Waals surface area contributed by atoms with Crippen molar-refractivity contribution in [2.45, 2.75) is 49.9 Å². The minimum atomic E-state index is -1.43. The van der Waals surface area contributed by atoms with E-state index in [2.05, 4.69) is 29.2 Å². The Balaban J connectivity index is 1.84. The monoisotopic (exact) mass is 480 g/mol. The molecule has 0 spiro atoms. The van der Waals surface area contributed by atoms with Gasteiger partial charge in [0.25, 0.3) is 0 Å². The molecule has 8 nitrogen and oxygen atoms in total. The molecule has 10 heteroatoms. The largest absolute Gasteiger partial charge is 0.394 e. The fourth-order valence-electron chi connectivity index (χ4n) is 3.69. The van der Waals surface area contributed by atoms with Gasteiger partial charge in [0.15, 0.2) is 6.23 Å². The maximum absolute atomic E-state index is 10.2. The molecule has 1 aliphatic heterocycles. The van der Waals surface area contributed by atoms with Crippen molar-refractivity contribution < 1.29 is 30.0 Å². The van der Waals surface area contributed by atoms with E-state index in [1.807, 2.05) is 0 Å². The molecule has 31 heavy (non-hydrogen) atoms. The first-order valence-electron chi connectivity index (χ1n) is 10.5. The van der Waals surface area contributed by atoms with Gasteiger partial charge in [-0.25, -0.2) is 0 Å². The van der Waals surface area contributed by atoms with Crippen LogP contribution in [0.15, 0.2) is 24.3 Å². The standard InChI is InChI=1S/C21H34Cl2N2O6/c1-30-25(21-20(29)19(28)18(27)17(14-26)31-21)11-3-2-4-15-5-7-16(8-6-15)24(12-9-22)13-10-23/h5-8,17-21,26-29H,2-4,9-14H2,1H3/t17-,18-,19-,20+,21?/m1/s1. The average Bonchev–Trinajstić information content (AvgIpc) is 2.79. The number of ether oxygens (including phenoxy) is 1. The van der Waals surface area contributed by atoms with Gasteiger partial charge in [-0.15, -0.1) is 23.2 Å². The highest BCUT2D eigenvalue weighted by Gasteiger charge is 2.45. The number of rotatable bonds is 13. The first-order valence-corrected chi connectivity index (χ1v) is 11.6. The van der Waals surface area contributed by atoms with Gasteiger partial charge >= 0.3 is 0 Å². The Morgan fingerprint density at radius 3 is 2.13 bits per heavy atom. The van der Waals surface area contributed by atoms with Crippen LogP contribution >= 0.6 is 23.2 Å². The van der Waals surface area contributed by atoms with Crippen LogP contribution in [-0.2, 0) is 16.0 Å².